The Kier molecular flexibility index (Phi) is 5.75. The zero-order valence-electron chi connectivity index (χ0n) is 14.6. The number of aryl methyl sites for hydroxylation is 1. The largest absolute Gasteiger partial charge is 1.00 e. The minimum absolute atomic E-state index is 0. The van der Waals surface area contributed by atoms with E-state index in [9.17, 15) is 0 Å². The summed E-state index contributed by atoms with van der Waals surface area (Å²) in [5.41, 5.74) is 2.44. The highest BCUT2D eigenvalue weighted by Crippen LogP contribution is 2.48. The maximum atomic E-state index is 5.40. The highest BCUT2D eigenvalue weighted by Gasteiger charge is 2.27. The van der Waals surface area contributed by atoms with Crippen molar-refractivity contribution in [3.05, 3.63) is 65.2 Å². The zero-order chi connectivity index (χ0) is 17.4. The fraction of sp³-hybridized carbons (Fsp3) is 0.150. The maximum absolute atomic E-state index is 5.40. The molecule has 0 unspecified atom stereocenters. The summed E-state index contributed by atoms with van der Waals surface area (Å²) in [6, 6.07) is 14.7. The van der Waals surface area contributed by atoms with Gasteiger partial charge in [0.15, 0.2) is 0 Å². The first-order valence-corrected chi connectivity index (χ1v) is 9.68. The predicted molar refractivity (Wildman–Crippen MR) is 107 cm³/mol. The van der Waals surface area contributed by atoms with Crippen LogP contribution in [0.1, 0.15) is 5.01 Å². The first-order valence-electron chi connectivity index (χ1n) is 8.05. The molecule has 4 rings (SSSR count). The summed E-state index contributed by atoms with van der Waals surface area (Å²) in [4.78, 5) is 3.54. The van der Waals surface area contributed by atoms with Crippen molar-refractivity contribution in [3.8, 4) is 5.75 Å². The van der Waals surface area contributed by atoms with Crippen LogP contribution < -0.4 is 31.2 Å². The standard InChI is InChI=1S/C20H19N2OS2.BrH/c1-4-11-22-16-12-14(23-3)9-10-18(16)25-20(22)13-19-21(2)15-7-5-6-8-17(15)24-19;/h4-10,12-13H,1,11H2,2-3H3;1H/q+1;/p-1. The number of halogens is 1. The zero-order valence-corrected chi connectivity index (χ0v) is 17.8. The summed E-state index contributed by atoms with van der Waals surface area (Å²) in [6.07, 6.45) is 4.21. The molecule has 0 N–H and O–H groups in total. The normalized spacial score (nSPS) is 14.4. The summed E-state index contributed by atoms with van der Waals surface area (Å²) in [5, 5.41) is 2.45. The van der Waals surface area contributed by atoms with Gasteiger partial charge in [-0.3, -0.25) is 0 Å². The van der Waals surface area contributed by atoms with Crippen LogP contribution in [-0.4, -0.2) is 13.7 Å². The average Bonchev–Trinajstić information content (AvgIpc) is 3.13. The molecule has 0 spiro atoms. The Hall–Kier alpha value is -1.76. The van der Waals surface area contributed by atoms with Crippen molar-refractivity contribution in [1.29, 1.82) is 0 Å². The molecule has 0 amide bonds. The Morgan fingerprint density at radius 1 is 1.23 bits per heavy atom. The first-order chi connectivity index (χ1) is 12.2. The van der Waals surface area contributed by atoms with E-state index in [2.05, 4.69) is 65.6 Å². The van der Waals surface area contributed by atoms with E-state index in [-0.39, 0.29) is 17.0 Å². The van der Waals surface area contributed by atoms with Crippen molar-refractivity contribution in [2.24, 2.45) is 7.05 Å². The van der Waals surface area contributed by atoms with Crippen LogP contribution >= 0.6 is 23.1 Å². The van der Waals surface area contributed by atoms with Crippen molar-refractivity contribution < 1.29 is 26.3 Å². The van der Waals surface area contributed by atoms with E-state index in [0.717, 1.165) is 12.3 Å². The van der Waals surface area contributed by atoms with Crippen molar-refractivity contribution in [3.63, 3.8) is 0 Å². The molecule has 0 saturated carbocycles. The summed E-state index contributed by atoms with van der Waals surface area (Å²) in [7, 11) is 3.83. The highest BCUT2D eigenvalue weighted by atomic mass is 79.9. The average molecular weight is 447 g/mol. The molecule has 2 aromatic carbocycles. The third-order valence-corrected chi connectivity index (χ3v) is 6.55. The molecule has 0 atom stereocenters. The maximum Gasteiger partial charge on any atom is 0.265 e. The minimum atomic E-state index is 0. The third kappa shape index (κ3) is 3.29. The van der Waals surface area contributed by atoms with E-state index in [0.29, 0.717) is 0 Å². The van der Waals surface area contributed by atoms with Crippen LogP contribution in [0.4, 0.5) is 5.69 Å². The number of hydrogen-bond donors (Lipinski definition) is 0. The molecular weight excluding hydrogens is 428 g/mol. The number of anilines is 1. The van der Waals surface area contributed by atoms with Gasteiger partial charge in [-0.25, -0.2) is 0 Å². The van der Waals surface area contributed by atoms with Crippen molar-refractivity contribution >= 4 is 45.1 Å². The third-order valence-electron chi connectivity index (χ3n) is 4.27. The van der Waals surface area contributed by atoms with Crippen molar-refractivity contribution in [2.75, 3.05) is 18.6 Å². The second-order valence-electron chi connectivity index (χ2n) is 5.78. The number of benzene rings is 2. The molecule has 3 aromatic rings. The van der Waals surface area contributed by atoms with Crippen LogP contribution in [0.15, 0.2) is 65.0 Å². The van der Waals surface area contributed by atoms with E-state index in [4.69, 9.17) is 4.74 Å². The van der Waals surface area contributed by atoms with Crippen LogP contribution in [0.2, 0.25) is 0 Å². The second-order valence-corrected chi connectivity index (χ2v) is 7.91. The molecule has 0 fully saturated rings. The predicted octanol–water partition coefficient (Wildman–Crippen LogP) is 1.84. The van der Waals surface area contributed by atoms with Gasteiger partial charge in [0.25, 0.3) is 5.01 Å². The molecule has 26 heavy (non-hydrogen) atoms. The lowest BCUT2D eigenvalue weighted by molar-refractivity contribution is -0.642. The fourth-order valence-corrected chi connectivity index (χ4v) is 5.24. The molecular formula is C20H19BrN2OS2. The molecule has 1 aromatic heterocycles. The van der Waals surface area contributed by atoms with Gasteiger partial charge in [-0.1, -0.05) is 41.3 Å². The molecule has 1 aliphatic rings. The van der Waals surface area contributed by atoms with Gasteiger partial charge in [-0.2, -0.15) is 4.57 Å². The topological polar surface area (TPSA) is 16.4 Å². The lowest BCUT2D eigenvalue weighted by Gasteiger charge is -2.18. The summed E-state index contributed by atoms with van der Waals surface area (Å²) in [6.45, 7) is 4.69. The number of rotatable bonds is 4. The van der Waals surface area contributed by atoms with Crippen molar-refractivity contribution in [2.45, 2.75) is 4.90 Å². The second kappa shape index (κ2) is 7.86. The van der Waals surface area contributed by atoms with Crippen LogP contribution in [-0.2, 0) is 7.05 Å². The number of para-hydroxylation sites is 1. The van der Waals surface area contributed by atoms with Gasteiger partial charge in [0.1, 0.15) is 17.5 Å². The smallest absolute Gasteiger partial charge is 0.265 e. The SMILES string of the molecule is C=CCN1/C(=C/c2sc3ccccc3[n+]2C)Sc2ccc(OC)cc21.[Br-]. The quantitative estimate of drug-likeness (QED) is 0.449. The first kappa shape index (κ1) is 19.0. The van der Waals surface area contributed by atoms with Gasteiger partial charge in [0, 0.05) is 23.6 Å². The fourth-order valence-electron chi connectivity index (χ4n) is 2.98. The Balaban J connectivity index is 0.00000196. The van der Waals surface area contributed by atoms with Gasteiger partial charge in [-0.15, -0.1) is 6.58 Å². The Morgan fingerprint density at radius 3 is 2.77 bits per heavy atom. The van der Waals surface area contributed by atoms with Crippen LogP contribution in [0.5, 0.6) is 5.75 Å². The molecule has 1 aliphatic heterocycles. The van der Waals surface area contributed by atoms with E-state index in [1.807, 2.05) is 23.5 Å². The van der Waals surface area contributed by atoms with E-state index >= 15 is 0 Å². The molecule has 6 heteroatoms. The Bertz CT molecular complexity index is 997. The van der Waals surface area contributed by atoms with E-state index in [1.165, 1.54) is 30.8 Å². The number of ether oxygens (including phenoxy) is 1. The number of aromatic nitrogens is 1. The number of methoxy groups -OCH3 is 1. The minimum Gasteiger partial charge on any atom is -1.00 e. The lowest BCUT2D eigenvalue weighted by Crippen LogP contribution is -3.00. The molecule has 3 nitrogen and oxygen atoms in total. The van der Waals surface area contributed by atoms with Crippen LogP contribution in [0.25, 0.3) is 16.3 Å². The van der Waals surface area contributed by atoms with E-state index < -0.39 is 0 Å². The Labute approximate surface area is 172 Å². The number of thiazole rings is 1. The highest BCUT2D eigenvalue weighted by molar-refractivity contribution is 8.03. The monoisotopic (exact) mass is 446 g/mol. The molecule has 0 saturated heterocycles. The number of hydrogen-bond acceptors (Lipinski definition) is 4. The molecule has 0 radical (unpaired) electrons. The van der Waals surface area contributed by atoms with E-state index in [1.54, 1.807) is 18.9 Å². The van der Waals surface area contributed by atoms with Crippen LogP contribution in [0.3, 0.4) is 0 Å². The van der Waals surface area contributed by atoms with Gasteiger partial charge in [0.05, 0.1) is 23.9 Å². The molecule has 2 heterocycles. The van der Waals surface area contributed by atoms with Gasteiger partial charge < -0.3 is 26.6 Å². The number of fused-ring (bicyclic) bond motifs is 2. The van der Waals surface area contributed by atoms with Gasteiger partial charge >= 0.3 is 0 Å². The molecule has 0 aliphatic carbocycles. The number of thioether (sulfide) groups is 1. The Morgan fingerprint density at radius 2 is 2.04 bits per heavy atom. The lowest BCUT2D eigenvalue weighted by atomic mass is 10.2. The van der Waals surface area contributed by atoms with Crippen LogP contribution in [0, 0.1) is 0 Å². The molecule has 134 valence electrons. The van der Waals surface area contributed by atoms with Gasteiger partial charge in [-0.05, 0) is 18.2 Å². The summed E-state index contributed by atoms with van der Waals surface area (Å²) < 4.78 is 8.95. The summed E-state index contributed by atoms with van der Waals surface area (Å²) in [5.74, 6) is 0.877. The van der Waals surface area contributed by atoms with Crippen molar-refractivity contribution in [1.82, 2.24) is 0 Å². The van der Waals surface area contributed by atoms with Gasteiger partial charge in [0.2, 0.25) is 5.52 Å². The summed E-state index contributed by atoms with van der Waals surface area (Å²) >= 11 is 3.61. The number of nitrogens with zero attached hydrogens (tertiary/aromatic N) is 2. The molecule has 0 bridgehead atoms.